The Labute approximate surface area is 193 Å². The smallest absolute Gasteiger partial charge is 0.371 e. The number of aldehydes is 1. The molecule has 0 radical (unpaired) electrons. The molecule has 1 N–H and O–H groups in total. The van der Waals surface area contributed by atoms with Crippen LogP contribution in [0.25, 0.3) is 10.9 Å². The normalized spacial score (nSPS) is 23.5. The number of aromatic amines is 1. The molecule has 3 atom stereocenters. The first kappa shape index (κ1) is 22.8. The first-order valence-corrected chi connectivity index (χ1v) is 11.3. The number of alkyl halides is 3. The van der Waals surface area contributed by atoms with Crippen LogP contribution in [-0.2, 0) is 11.2 Å². The molecule has 3 aromatic rings. The molecule has 0 bridgehead atoms. The molecule has 2 aromatic carbocycles. The van der Waals surface area contributed by atoms with E-state index in [4.69, 9.17) is 0 Å². The van der Waals surface area contributed by atoms with Gasteiger partial charge in [0, 0.05) is 52.9 Å². The Morgan fingerprint density at radius 2 is 1.85 bits per heavy atom. The van der Waals surface area contributed by atoms with Crippen LogP contribution in [0.4, 0.5) is 27.6 Å². The highest BCUT2D eigenvalue weighted by Crippen LogP contribution is 2.44. The number of fused-ring (bicyclic) bond motifs is 3. The second-order valence-corrected chi connectivity index (χ2v) is 9.26. The molecule has 5 rings (SSSR count). The van der Waals surface area contributed by atoms with E-state index in [1.807, 2.05) is 12.1 Å². The maximum absolute atomic E-state index is 15.6. The third-order valence-electron chi connectivity index (χ3n) is 7.00. The zero-order valence-corrected chi connectivity index (χ0v) is 18.5. The van der Waals surface area contributed by atoms with Gasteiger partial charge >= 0.3 is 6.18 Å². The number of H-pyrrole nitrogens is 1. The van der Waals surface area contributed by atoms with Gasteiger partial charge < -0.3 is 14.7 Å². The fourth-order valence-electron chi connectivity index (χ4n) is 5.42. The summed E-state index contributed by atoms with van der Waals surface area (Å²) in [6.07, 6.45) is -2.79. The van der Waals surface area contributed by atoms with Gasteiger partial charge in [-0.15, -0.1) is 0 Å². The highest BCUT2D eigenvalue weighted by Gasteiger charge is 2.44. The van der Waals surface area contributed by atoms with Crippen molar-refractivity contribution in [3.8, 4) is 0 Å². The lowest BCUT2D eigenvalue weighted by Gasteiger charge is -2.41. The molecule has 0 saturated carbocycles. The van der Waals surface area contributed by atoms with Gasteiger partial charge in [-0.05, 0) is 43.5 Å². The van der Waals surface area contributed by atoms with Crippen LogP contribution in [0.15, 0.2) is 36.4 Å². The molecule has 1 saturated heterocycles. The highest BCUT2D eigenvalue weighted by molar-refractivity contribution is 5.85. The summed E-state index contributed by atoms with van der Waals surface area (Å²) in [7, 11) is 0. The summed E-state index contributed by atoms with van der Waals surface area (Å²) < 4.78 is 71.8. The van der Waals surface area contributed by atoms with Crippen molar-refractivity contribution in [1.29, 1.82) is 0 Å². The zero-order chi connectivity index (χ0) is 24.2. The van der Waals surface area contributed by atoms with E-state index in [-0.39, 0.29) is 11.6 Å². The summed E-state index contributed by atoms with van der Waals surface area (Å²) in [5.74, 6) is -2.01. The van der Waals surface area contributed by atoms with E-state index in [0.29, 0.717) is 37.1 Å². The Morgan fingerprint density at radius 3 is 2.50 bits per heavy atom. The lowest BCUT2D eigenvalue weighted by atomic mass is 9.88. The number of rotatable bonds is 4. The number of hydrogen-bond donors (Lipinski definition) is 1. The molecule has 0 spiro atoms. The molecular formula is C25H24F5N3O. The Hall–Kier alpha value is -2.94. The molecule has 0 aliphatic carbocycles. The first-order valence-electron chi connectivity index (χ1n) is 11.3. The van der Waals surface area contributed by atoms with Crippen molar-refractivity contribution < 1.29 is 26.7 Å². The van der Waals surface area contributed by atoms with Gasteiger partial charge in [-0.1, -0.05) is 18.2 Å². The molecule has 0 amide bonds. The number of nitrogens with zero attached hydrogens (tertiary/aromatic N) is 2. The summed E-state index contributed by atoms with van der Waals surface area (Å²) in [4.78, 5) is 17.1. The largest absolute Gasteiger partial charge is 0.401 e. The fourth-order valence-corrected chi connectivity index (χ4v) is 5.42. The van der Waals surface area contributed by atoms with E-state index < -0.39 is 42.0 Å². The molecule has 3 heterocycles. The standard InChI is InChI=1S/C25H24F5N3O/c1-14-8-18-17-4-2-3-5-21(17)31-23(18)24(33(14)13-25(28,29)30)22-19(26)9-16(10-20(22)27)32-7-6-15(11-32)12-34/h2-5,9-10,12,14-15,24,31H,6-8,11,13H2,1H3/t14-,15?,24-/m1/s1. The Kier molecular flexibility index (Phi) is 5.62. The third kappa shape index (κ3) is 3.96. The molecule has 1 aromatic heterocycles. The molecule has 1 unspecified atom stereocenters. The van der Waals surface area contributed by atoms with Crippen LogP contribution < -0.4 is 4.90 Å². The number of para-hydroxylation sites is 1. The fraction of sp³-hybridized carbons (Fsp3) is 0.400. The van der Waals surface area contributed by atoms with Crippen molar-refractivity contribution in [3.05, 3.63) is 64.9 Å². The summed E-state index contributed by atoms with van der Waals surface area (Å²) in [5.41, 5.74) is 1.76. The lowest BCUT2D eigenvalue weighted by Crippen LogP contribution is -2.47. The number of anilines is 1. The van der Waals surface area contributed by atoms with Gasteiger partial charge in [0.05, 0.1) is 12.6 Å². The quantitative estimate of drug-likeness (QED) is 0.406. The van der Waals surface area contributed by atoms with E-state index in [2.05, 4.69) is 4.98 Å². The zero-order valence-electron chi connectivity index (χ0n) is 18.5. The molecule has 180 valence electrons. The minimum atomic E-state index is -4.54. The summed E-state index contributed by atoms with van der Waals surface area (Å²) in [6, 6.07) is 7.77. The number of aromatic nitrogens is 1. The number of carbonyl (C=O) groups is 1. The van der Waals surface area contributed by atoms with Crippen LogP contribution in [0.3, 0.4) is 0 Å². The van der Waals surface area contributed by atoms with E-state index in [0.717, 1.165) is 22.1 Å². The van der Waals surface area contributed by atoms with Gasteiger partial charge in [-0.25, -0.2) is 8.78 Å². The highest BCUT2D eigenvalue weighted by atomic mass is 19.4. The number of carbonyl (C=O) groups excluding carboxylic acids is 1. The van der Waals surface area contributed by atoms with Crippen molar-refractivity contribution in [3.63, 3.8) is 0 Å². The second-order valence-electron chi connectivity index (χ2n) is 9.26. The molecule has 1 fully saturated rings. The van der Waals surface area contributed by atoms with Gasteiger partial charge in [-0.3, -0.25) is 4.90 Å². The SMILES string of the molecule is C[C@@H]1Cc2c([nH]c3ccccc23)[C@@H](c2c(F)cc(N3CCC(C=O)C3)cc2F)N1CC(F)(F)F. The van der Waals surface area contributed by atoms with Crippen LogP contribution in [-0.4, -0.2) is 48.0 Å². The van der Waals surface area contributed by atoms with Gasteiger partial charge in [0.25, 0.3) is 0 Å². The number of hydrogen-bond acceptors (Lipinski definition) is 3. The van der Waals surface area contributed by atoms with Crippen molar-refractivity contribution in [2.45, 2.75) is 38.0 Å². The second kappa shape index (κ2) is 8.37. The first-order chi connectivity index (χ1) is 16.2. The van der Waals surface area contributed by atoms with Crippen LogP contribution >= 0.6 is 0 Å². The average molecular weight is 477 g/mol. The Balaban J connectivity index is 1.64. The van der Waals surface area contributed by atoms with Crippen molar-refractivity contribution in [2.75, 3.05) is 24.5 Å². The summed E-state index contributed by atoms with van der Waals surface area (Å²) in [6.45, 7) is 1.20. The minimum Gasteiger partial charge on any atom is -0.371 e. The third-order valence-corrected chi connectivity index (χ3v) is 7.00. The Bertz CT molecular complexity index is 1210. The molecular weight excluding hydrogens is 453 g/mol. The van der Waals surface area contributed by atoms with E-state index >= 15 is 8.78 Å². The van der Waals surface area contributed by atoms with Crippen LogP contribution in [0.2, 0.25) is 0 Å². The molecule has 4 nitrogen and oxygen atoms in total. The summed E-state index contributed by atoms with van der Waals surface area (Å²) in [5, 5.41) is 0.843. The van der Waals surface area contributed by atoms with Crippen molar-refractivity contribution in [2.24, 2.45) is 5.92 Å². The topological polar surface area (TPSA) is 39.3 Å². The van der Waals surface area contributed by atoms with Crippen LogP contribution in [0.1, 0.15) is 36.2 Å². The van der Waals surface area contributed by atoms with Crippen LogP contribution in [0, 0.1) is 17.6 Å². The monoisotopic (exact) mass is 477 g/mol. The predicted octanol–water partition coefficient (Wildman–Crippen LogP) is 5.37. The summed E-state index contributed by atoms with van der Waals surface area (Å²) >= 11 is 0. The maximum atomic E-state index is 15.6. The van der Waals surface area contributed by atoms with Gasteiger partial charge in [0.1, 0.15) is 17.9 Å². The van der Waals surface area contributed by atoms with Crippen molar-refractivity contribution in [1.82, 2.24) is 9.88 Å². The maximum Gasteiger partial charge on any atom is 0.401 e. The van der Waals surface area contributed by atoms with Gasteiger partial charge in [0.15, 0.2) is 0 Å². The average Bonchev–Trinajstić information content (AvgIpc) is 3.39. The number of benzene rings is 2. The van der Waals surface area contributed by atoms with E-state index in [9.17, 15) is 18.0 Å². The molecule has 9 heteroatoms. The number of nitrogens with one attached hydrogen (secondary N) is 1. The molecule has 2 aliphatic heterocycles. The van der Waals surface area contributed by atoms with Gasteiger partial charge in [-0.2, -0.15) is 13.2 Å². The van der Waals surface area contributed by atoms with Crippen molar-refractivity contribution >= 4 is 22.9 Å². The van der Waals surface area contributed by atoms with Crippen LogP contribution in [0.5, 0.6) is 0 Å². The molecule has 2 aliphatic rings. The van der Waals surface area contributed by atoms with E-state index in [1.165, 1.54) is 12.1 Å². The van der Waals surface area contributed by atoms with Gasteiger partial charge in [0.2, 0.25) is 0 Å². The Morgan fingerprint density at radius 1 is 1.15 bits per heavy atom. The molecule has 34 heavy (non-hydrogen) atoms. The predicted molar refractivity (Wildman–Crippen MR) is 119 cm³/mol. The lowest BCUT2D eigenvalue weighted by molar-refractivity contribution is -0.155. The number of halogens is 5. The van der Waals surface area contributed by atoms with E-state index in [1.54, 1.807) is 24.0 Å². The minimum absolute atomic E-state index is 0.207.